The van der Waals surface area contributed by atoms with Crippen molar-refractivity contribution in [3.63, 3.8) is 0 Å². The van der Waals surface area contributed by atoms with Crippen molar-refractivity contribution >= 4 is 0 Å². The van der Waals surface area contributed by atoms with Crippen LogP contribution in [0.2, 0.25) is 0 Å². The van der Waals surface area contributed by atoms with Crippen LogP contribution in [-0.2, 0) is 13.7 Å². The van der Waals surface area contributed by atoms with Gasteiger partial charge in [-0.05, 0) is 18.2 Å². The van der Waals surface area contributed by atoms with Crippen molar-refractivity contribution < 1.29 is 9.47 Å². The number of para-hydroxylation sites is 2. The molecule has 2 aromatic heterocycles. The highest BCUT2D eigenvalue weighted by Crippen LogP contribution is 2.19. The van der Waals surface area contributed by atoms with Crippen molar-refractivity contribution in [1.29, 1.82) is 0 Å². The van der Waals surface area contributed by atoms with Crippen LogP contribution < -0.4 is 15.2 Å². The summed E-state index contributed by atoms with van der Waals surface area (Å²) < 4.78 is 15.2. The molecule has 0 unspecified atom stereocenters. The fraction of sp³-hybridized carbons (Fsp3) is 0.158. The van der Waals surface area contributed by atoms with Gasteiger partial charge < -0.3 is 9.47 Å². The molecule has 9 heteroatoms. The number of rotatable bonds is 6. The highest BCUT2D eigenvalue weighted by molar-refractivity contribution is 5.42. The van der Waals surface area contributed by atoms with Crippen molar-refractivity contribution in [1.82, 2.24) is 29.1 Å². The van der Waals surface area contributed by atoms with Gasteiger partial charge >= 0.3 is 17.7 Å². The van der Waals surface area contributed by atoms with E-state index in [9.17, 15) is 4.79 Å². The molecule has 0 aliphatic heterocycles. The molecule has 4 rings (SSSR count). The number of nitrogens with zero attached hydrogens (tertiary/aromatic N) is 6. The Bertz CT molecular complexity index is 1150. The minimum atomic E-state index is -0.309. The van der Waals surface area contributed by atoms with E-state index in [4.69, 9.17) is 9.47 Å². The third kappa shape index (κ3) is 3.25. The Hall–Kier alpha value is -3.88. The van der Waals surface area contributed by atoms with Gasteiger partial charge in [0.05, 0.1) is 18.5 Å². The molecule has 2 heterocycles. The standard InChI is InChI=1S/C19H18N6O3/c1-23-19(26)25(18(22-23)27-2)16-11-7-6-8-14(16)12-28-17-20-13-24(21-17)15-9-4-3-5-10-15/h3-11,13H,12H2,1-2H3. The van der Waals surface area contributed by atoms with Gasteiger partial charge in [-0.1, -0.05) is 36.4 Å². The SMILES string of the molecule is COc1nn(C)c(=O)n1-c1ccccc1COc1ncn(-c2ccccc2)n1. The average molecular weight is 378 g/mol. The van der Waals surface area contributed by atoms with Crippen LogP contribution in [0.25, 0.3) is 11.4 Å². The molecule has 28 heavy (non-hydrogen) atoms. The predicted molar refractivity (Wildman–Crippen MR) is 101 cm³/mol. The summed E-state index contributed by atoms with van der Waals surface area (Å²) in [7, 11) is 3.04. The van der Waals surface area contributed by atoms with E-state index >= 15 is 0 Å². The number of aromatic nitrogens is 6. The van der Waals surface area contributed by atoms with Crippen LogP contribution in [0.1, 0.15) is 5.56 Å². The van der Waals surface area contributed by atoms with Crippen molar-refractivity contribution in [2.45, 2.75) is 6.61 Å². The molecule has 0 saturated carbocycles. The summed E-state index contributed by atoms with van der Waals surface area (Å²) in [4.78, 5) is 16.6. The molecular weight excluding hydrogens is 360 g/mol. The molecule has 0 radical (unpaired) electrons. The summed E-state index contributed by atoms with van der Waals surface area (Å²) in [5.41, 5.74) is 1.97. The second-order valence-corrected chi connectivity index (χ2v) is 5.95. The van der Waals surface area contributed by atoms with Crippen LogP contribution >= 0.6 is 0 Å². The van der Waals surface area contributed by atoms with E-state index in [1.807, 2.05) is 48.5 Å². The molecule has 9 nitrogen and oxygen atoms in total. The molecule has 0 aliphatic rings. The van der Waals surface area contributed by atoms with Crippen molar-refractivity contribution in [2.75, 3.05) is 7.11 Å². The lowest BCUT2D eigenvalue weighted by Gasteiger charge is -2.10. The summed E-state index contributed by atoms with van der Waals surface area (Å²) in [6.45, 7) is 0.180. The van der Waals surface area contributed by atoms with Gasteiger partial charge in [-0.15, -0.1) is 10.2 Å². The van der Waals surface area contributed by atoms with Crippen LogP contribution in [0.3, 0.4) is 0 Å². The van der Waals surface area contributed by atoms with Crippen LogP contribution in [0.5, 0.6) is 12.0 Å². The zero-order valence-corrected chi connectivity index (χ0v) is 15.4. The Labute approximate surface area is 160 Å². The second-order valence-electron chi connectivity index (χ2n) is 5.95. The van der Waals surface area contributed by atoms with Gasteiger partial charge in [0.1, 0.15) is 12.9 Å². The fourth-order valence-electron chi connectivity index (χ4n) is 2.79. The first-order chi connectivity index (χ1) is 13.7. The minimum absolute atomic E-state index is 0.180. The lowest BCUT2D eigenvalue weighted by atomic mass is 10.2. The number of aryl methyl sites for hydroxylation is 1. The maximum atomic E-state index is 12.5. The maximum absolute atomic E-state index is 12.5. The van der Waals surface area contributed by atoms with Gasteiger partial charge in [-0.2, -0.15) is 4.98 Å². The molecule has 0 fully saturated rings. The van der Waals surface area contributed by atoms with E-state index in [-0.39, 0.29) is 24.3 Å². The normalized spacial score (nSPS) is 10.8. The van der Waals surface area contributed by atoms with E-state index in [1.54, 1.807) is 24.1 Å². The van der Waals surface area contributed by atoms with E-state index in [0.29, 0.717) is 5.69 Å². The molecule has 0 N–H and O–H groups in total. The number of hydrogen-bond acceptors (Lipinski definition) is 6. The van der Waals surface area contributed by atoms with Gasteiger partial charge in [-0.3, -0.25) is 0 Å². The van der Waals surface area contributed by atoms with Gasteiger partial charge in [0.2, 0.25) is 0 Å². The molecule has 0 atom stereocenters. The summed E-state index contributed by atoms with van der Waals surface area (Å²) in [6, 6.07) is 17.4. The second kappa shape index (κ2) is 7.39. The van der Waals surface area contributed by atoms with Gasteiger partial charge in [0.15, 0.2) is 0 Å². The van der Waals surface area contributed by atoms with E-state index in [2.05, 4.69) is 15.2 Å². The zero-order chi connectivity index (χ0) is 19.5. The molecule has 0 spiro atoms. The van der Waals surface area contributed by atoms with Crippen LogP contribution in [0.4, 0.5) is 0 Å². The monoisotopic (exact) mass is 378 g/mol. The minimum Gasteiger partial charge on any atom is -0.467 e. The topological polar surface area (TPSA) is 89.0 Å². The smallest absolute Gasteiger partial charge is 0.353 e. The van der Waals surface area contributed by atoms with Gasteiger partial charge in [-0.25, -0.2) is 18.7 Å². The Morgan fingerprint density at radius 1 is 1.00 bits per heavy atom. The Morgan fingerprint density at radius 2 is 1.75 bits per heavy atom. The van der Waals surface area contributed by atoms with Crippen LogP contribution in [0, 0.1) is 0 Å². The highest BCUT2D eigenvalue weighted by atomic mass is 16.5. The Balaban J connectivity index is 1.59. The lowest BCUT2D eigenvalue weighted by molar-refractivity contribution is 0.280. The molecule has 0 amide bonds. The summed E-state index contributed by atoms with van der Waals surface area (Å²) >= 11 is 0. The van der Waals surface area contributed by atoms with Gasteiger partial charge in [0.25, 0.3) is 0 Å². The number of ether oxygens (including phenoxy) is 2. The maximum Gasteiger partial charge on any atom is 0.353 e. The van der Waals surface area contributed by atoms with E-state index < -0.39 is 0 Å². The van der Waals surface area contributed by atoms with Crippen LogP contribution in [0.15, 0.2) is 65.7 Å². The predicted octanol–water partition coefficient (Wildman–Crippen LogP) is 1.74. The molecule has 142 valence electrons. The first kappa shape index (κ1) is 17.5. The molecule has 0 saturated heterocycles. The molecule has 2 aromatic carbocycles. The zero-order valence-electron chi connectivity index (χ0n) is 15.4. The van der Waals surface area contributed by atoms with E-state index in [0.717, 1.165) is 11.3 Å². The van der Waals surface area contributed by atoms with Crippen molar-refractivity contribution in [3.8, 4) is 23.4 Å². The third-order valence-corrected chi connectivity index (χ3v) is 4.16. The first-order valence-electron chi connectivity index (χ1n) is 8.55. The first-order valence-corrected chi connectivity index (χ1v) is 8.55. The lowest BCUT2D eigenvalue weighted by Crippen LogP contribution is -2.22. The van der Waals surface area contributed by atoms with Crippen LogP contribution in [-0.4, -0.2) is 36.2 Å². The van der Waals surface area contributed by atoms with Gasteiger partial charge in [0, 0.05) is 12.6 Å². The number of methoxy groups -OCH3 is 1. The largest absolute Gasteiger partial charge is 0.467 e. The third-order valence-electron chi connectivity index (χ3n) is 4.16. The summed E-state index contributed by atoms with van der Waals surface area (Å²) in [5, 5.41) is 8.40. The van der Waals surface area contributed by atoms with Crippen molar-refractivity contribution in [3.05, 3.63) is 77.0 Å². The molecular formula is C19H18N6O3. The molecule has 4 aromatic rings. The summed E-state index contributed by atoms with van der Waals surface area (Å²) in [5.74, 6) is 0. The Morgan fingerprint density at radius 3 is 2.54 bits per heavy atom. The quantitative estimate of drug-likeness (QED) is 0.508. The molecule has 0 bridgehead atoms. The fourth-order valence-corrected chi connectivity index (χ4v) is 2.79. The van der Waals surface area contributed by atoms with Crippen molar-refractivity contribution in [2.24, 2.45) is 7.05 Å². The van der Waals surface area contributed by atoms with E-state index in [1.165, 1.54) is 16.4 Å². The number of hydrogen-bond donors (Lipinski definition) is 0. The summed E-state index contributed by atoms with van der Waals surface area (Å²) in [6.07, 6.45) is 1.59. The molecule has 0 aliphatic carbocycles. The average Bonchev–Trinajstić information content (AvgIpc) is 3.32. The number of benzene rings is 2. The highest BCUT2D eigenvalue weighted by Gasteiger charge is 2.17. The Kier molecular flexibility index (Phi) is 4.63.